The fourth-order valence-corrected chi connectivity index (χ4v) is 5.79. The maximum Gasteiger partial charge on any atom is 0.191 e. The number of benzene rings is 1. The van der Waals surface area contributed by atoms with Crippen LogP contribution in [0.1, 0.15) is 24.1 Å². The number of aromatic nitrogens is 6. The van der Waals surface area contributed by atoms with E-state index in [1.807, 2.05) is 25.6 Å². The third-order valence-electron chi connectivity index (χ3n) is 6.64. The molecule has 1 saturated heterocycles. The third kappa shape index (κ3) is 3.50. The second kappa shape index (κ2) is 7.76. The van der Waals surface area contributed by atoms with Crippen molar-refractivity contribution in [1.82, 2.24) is 34.7 Å². The van der Waals surface area contributed by atoms with Crippen LogP contribution >= 0.6 is 27.7 Å². The topological polar surface area (TPSA) is 64.7 Å². The zero-order valence-corrected chi connectivity index (χ0v) is 19.9. The van der Waals surface area contributed by atoms with Crippen molar-refractivity contribution in [2.75, 3.05) is 25.4 Å². The molecule has 0 bridgehead atoms. The Morgan fingerprint density at radius 1 is 1.17 bits per heavy atom. The second-order valence-electron chi connectivity index (χ2n) is 8.51. The van der Waals surface area contributed by atoms with Gasteiger partial charge in [0, 0.05) is 42.8 Å². The lowest BCUT2D eigenvalue weighted by Gasteiger charge is -2.21. The van der Waals surface area contributed by atoms with E-state index in [1.165, 1.54) is 25.1 Å². The van der Waals surface area contributed by atoms with Crippen LogP contribution < -0.4 is 0 Å². The molecule has 2 atom stereocenters. The molecule has 0 N–H and O–H groups in total. The van der Waals surface area contributed by atoms with Crippen LogP contribution in [0.25, 0.3) is 11.5 Å². The van der Waals surface area contributed by atoms with Crippen molar-refractivity contribution in [3.8, 4) is 11.5 Å². The Morgan fingerprint density at radius 3 is 2.70 bits per heavy atom. The fraction of sp³-hybridized carbons (Fsp3) is 0.524. The molecule has 7 nitrogen and oxygen atoms in total. The Balaban J connectivity index is 1.13. The molecule has 2 aromatic heterocycles. The van der Waals surface area contributed by atoms with Gasteiger partial charge in [-0.05, 0) is 49.9 Å². The molecular weight excluding hydrogens is 462 g/mol. The summed E-state index contributed by atoms with van der Waals surface area (Å²) in [5, 5.41) is 18.0. The number of halogens is 1. The molecule has 0 spiro atoms. The number of fused-ring (bicyclic) bond motifs is 1. The summed E-state index contributed by atoms with van der Waals surface area (Å²) >= 11 is 5.32. The number of piperidine rings is 1. The van der Waals surface area contributed by atoms with E-state index in [1.54, 1.807) is 16.4 Å². The number of rotatable bonds is 7. The van der Waals surface area contributed by atoms with E-state index < -0.39 is 0 Å². The highest BCUT2D eigenvalue weighted by atomic mass is 79.9. The number of thioether (sulfide) groups is 1. The van der Waals surface area contributed by atoms with E-state index in [4.69, 9.17) is 0 Å². The SMILES string of the molecule is Cc1c(-c2nnc(SCCCN3C[C@@H]4C[C@]4(c4ccc(Br)cc4)C3)n2C)nnn1C. The average Bonchev–Trinajstić information content (AvgIpc) is 2.98. The molecule has 1 aliphatic heterocycles. The van der Waals surface area contributed by atoms with Crippen molar-refractivity contribution < 1.29 is 0 Å². The first-order valence-electron chi connectivity index (χ1n) is 10.4. The van der Waals surface area contributed by atoms with Crippen LogP contribution in [-0.4, -0.2) is 60.0 Å². The van der Waals surface area contributed by atoms with Crippen molar-refractivity contribution in [2.24, 2.45) is 20.0 Å². The van der Waals surface area contributed by atoms with Crippen LogP contribution in [0.15, 0.2) is 33.9 Å². The van der Waals surface area contributed by atoms with Gasteiger partial charge in [0.1, 0.15) is 0 Å². The van der Waals surface area contributed by atoms with Crippen molar-refractivity contribution in [3.63, 3.8) is 0 Å². The van der Waals surface area contributed by atoms with Crippen LogP contribution in [0.4, 0.5) is 0 Å². The largest absolute Gasteiger partial charge is 0.304 e. The minimum absolute atomic E-state index is 0.418. The Morgan fingerprint density at radius 2 is 1.97 bits per heavy atom. The van der Waals surface area contributed by atoms with Crippen LogP contribution in [0, 0.1) is 12.8 Å². The van der Waals surface area contributed by atoms with Gasteiger partial charge < -0.3 is 9.47 Å². The molecule has 3 heterocycles. The molecule has 5 rings (SSSR count). The lowest BCUT2D eigenvalue weighted by atomic mass is 9.95. The molecule has 2 fully saturated rings. The molecule has 9 heteroatoms. The molecule has 1 aromatic carbocycles. The van der Waals surface area contributed by atoms with Gasteiger partial charge in [0.2, 0.25) is 0 Å². The summed E-state index contributed by atoms with van der Waals surface area (Å²) in [7, 11) is 3.89. The van der Waals surface area contributed by atoms with E-state index in [9.17, 15) is 0 Å². The molecule has 0 unspecified atom stereocenters. The van der Waals surface area contributed by atoms with Crippen molar-refractivity contribution >= 4 is 27.7 Å². The molecular formula is C21H26BrN7S. The van der Waals surface area contributed by atoms with Gasteiger partial charge in [-0.1, -0.05) is 45.0 Å². The molecule has 3 aromatic rings. The highest BCUT2D eigenvalue weighted by Gasteiger charge is 2.60. The summed E-state index contributed by atoms with van der Waals surface area (Å²) in [6.45, 7) is 5.58. The first kappa shape index (κ1) is 20.2. The van der Waals surface area contributed by atoms with Gasteiger partial charge in [0.25, 0.3) is 0 Å². The lowest BCUT2D eigenvalue weighted by molar-refractivity contribution is 0.299. The van der Waals surface area contributed by atoms with Gasteiger partial charge in [-0.25, -0.2) is 0 Å². The number of likely N-dealkylation sites (tertiary alicyclic amines) is 1. The maximum atomic E-state index is 4.37. The smallest absolute Gasteiger partial charge is 0.191 e. The molecule has 0 amide bonds. The minimum Gasteiger partial charge on any atom is -0.304 e. The summed E-state index contributed by atoms with van der Waals surface area (Å²) in [4.78, 5) is 2.64. The average molecular weight is 488 g/mol. The van der Waals surface area contributed by atoms with E-state index in [0.717, 1.165) is 51.5 Å². The van der Waals surface area contributed by atoms with Crippen LogP contribution in [0.5, 0.6) is 0 Å². The van der Waals surface area contributed by atoms with Crippen molar-refractivity contribution in [2.45, 2.75) is 30.3 Å². The Labute approximate surface area is 189 Å². The molecule has 30 heavy (non-hydrogen) atoms. The molecule has 1 saturated carbocycles. The Kier molecular flexibility index (Phi) is 5.23. The summed E-state index contributed by atoms with van der Waals surface area (Å²) in [6, 6.07) is 8.95. The summed E-state index contributed by atoms with van der Waals surface area (Å²) in [6.07, 6.45) is 2.50. The van der Waals surface area contributed by atoms with Crippen molar-refractivity contribution in [1.29, 1.82) is 0 Å². The maximum absolute atomic E-state index is 4.37. The minimum atomic E-state index is 0.418. The van der Waals surface area contributed by atoms with Gasteiger partial charge in [0.15, 0.2) is 16.7 Å². The normalized spacial score (nSPS) is 23.1. The van der Waals surface area contributed by atoms with E-state index in [-0.39, 0.29) is 0 Å². The van der Waals surface area contributed by atoms with Crippen LogP contribution in [0.2, 0.25) is 0 Å². The molecule has 158 valence electrons. The van der Waals surface area contributed by atoms with Gasteiger partial charge in [-0.2, -0.15) is 0 Å². The number of aryl methyl sites for hydroxylation is 1. The van der Waals surface area contributed by atoms with Crippen molar-refractivity contribution in [3.05, 3.63) is 40.0 Å². The first-order chi connectivity index (χ1) is 14.5. The first-order valence-corrected chi connectivity index (χ1v) is 12.1. The number of nitrogens with zero attached hydrogens (tertiary/aromatic N) is 7. The zero-order chi connectivity index (χ0) is 20.9. The molecule has 2 aliphatic rings. The molecule has 1 aliphatic carbocycles. The predicted molar refractivity (Wildman–Crippen MR) is 121 cm³/mol. The predicted octanol–water partition coefficient (Wildman–Crippen LogP) is 3.44. The Bertz CT molecular complexity index is 1060. The monoisotopic (exact) mass is 487 g/mol. The second-order valence-corrected chi connectivity index (χ2v) is 10.5. The van der Waals surface area contributed by atoms with Gasteiger partial charge >= 0.3 is 0 Å². The van der Waals surface area contributed by atoms with Gasteiger partial charge in [-0.3, -0.25) is 4.68 Å². The van der Waals surface area contributed by atoms with Gasteiger partial charge in [0.05, 0.1) is 5.69 Å². The van der Waals surface area contributed by atoms with E-state index in [2.05, 4.69) is 65.6 Å². The zero-order valence-electron chi connectivity index (χ0n) is 17.5. The van der Waals surface area contributed by atoms with Crippen LogP contribution in [-0.2, 0) is 19.5 Å². The molecule has 0 radical (unpaired) electrons. The Hall–Kier alpha value is -1.71. The van der Waals surface area contributed by atoms with Gasteiger partial charge in [-0.15, -0.1) is 15.3 Å². The summed E-state index contributed by atoms with van der Waals surface area (Å²) in [5.41, 5.74) is 3.72. The van der Waals surface area contributed by atoms with E-state index >= 15 is 0 Å². The quantitative estimate of drug-likeness (QED) is 0.375. The summed E-state index contributed by atoms with van der Waals surface area (Å²) < 4.78 is 4.95. The highest BCUT2D eigenvalue weighted by molar-refractivity contribution is 9.10. The number of hydrogen-bond acceptors (Lipinski definition) is 6. The standard InChI is InChI=1S/C21H26BrN7S/c1-14-18(23-26-28(14)3)19-24-25-20(27(19)2)30-10-4-9-29-12-16-11-21(16,13-29)15-5-7-17(22)8-6-15/h5-8,16H,4,9-13H2,1-3H3/t16-,21+/m0/s1. The third-order valence-corrected chi connectivity index (χ3v) is 8.27. The fourth-order valence-electron chi connectivity index (χ4n) is 4.70. The summed E-state index contributed by atoms with van der Waals surface area (Å²) in [5.74, 6) is 2.65. The number of hydrogen-bond donors (Lipinski definition) is 0. The van der Waals surface area contributed by atoms with E-state index in [0.29, 0.717) is 5.41 Å². The highest BCUT2D eigenvalue weighted by Crippen LogP contribution is 2.59. The lowest BCUT2D eigenvalue weighted by Crippen LogP contribution is -2.27. The van der Waals surface area contributed by atoms with Crippen LogP contribution in [0.3, 0.4) is 0 Å².